The van der Waals surface area contributed by atoms with Crippen molar-refractivity contribution >= 4 is 11.6 Å². The standard InChI is InChI=1S/C25H26N8O4/c1-31(2)17-5-3-16(4-6-17)24(34)27-20-13-35-23-21(14-36-22(20)23)33-25(28-29-30-33)37-19-9-7-18(8-10-19)32-12-11-26-15-32/h3-12,15,20-23H,13-14H2,1-2H3,(H,27,34)/t20-,21-,22+,23+/m0/s1. The quantitative estimate of drug-likeness (QED) is 0.403. The average molecular weight is 503 g/mol. The number of benzene rings is 2. The van der Waals surface area contributed by atoms with Crippen LogP contribution in [0.5, 0.6) is 11.8 Å². The van der Waals surface area contributed by atoms with Crippen LogP contribution in [0.25, 0.3) is 5.69 Å². The number of carbonyl (C=O) groups is 1. The van der Waals surface area contributed by atoms with Crippen molar-refractivity contribution in [2.24, 2.45) is 0 Å². The maximum absolute atomic E-state index is 12.8. The minimum atomic E-state index is -0.323. The molecule has 4 aromatic rings. The first-order valence-electron chi connectivity index (χ1n) is 11.9. The molecule has 4 atom stereocenters. The number of rotatable bonds is 7. The monoisotopic (exact) mass is 502 g/mol. The molecule has 0 bridgehead atoms. The lowest BCUT2D eigenvalue weighted by molar-refractivity contribution is 0.0606. The van der Waals surface area contributed by atoms with Gasteiger partial charge in [0.15, 0.2) is 0 Å². The Kier molecular flexibility index (Phi) is 6.02. The van der Waals surface area contributed by atoms with Gasteiger partial charge in [-0.3, -0.25) is 4.79 Å². The second kappa shape index (κ2) is 9.64. The Bertz CT molecular complexity index is 1350. The summed E-state index contributed by atoms with van der Waals surface area (Å²) in [4.78, 5) is 18.9. The Labute approximate surface area is 212 Å². The lowest BCUT2D eigenvalue weighted by Crippen LogP contribution is -2.44. The first-order chi connectivity index (χ1) is 18.1. The summed E-state index contributed by atoms with van der Waals surface area (Å²) >= 11 is 0. The van der Waals surface area contributed by atoms with E-state index >= 15 is 0 Å². The molecule has 12 nitrogen and oxygen atoms in total. The van der Waals surface area contributed by atoms with E-state index in [9.17, 15) is 4.79 Å². The third-order valence-electron chi connectivity index (χ3n) is 6.61. The number of hydrogen-bond acceptors (Lipinski definition) is 9. The number of aromatic nitrogens is 6. The highest BCUT2D eigenvalue weighted by Gasteiger charge is 2.50. The van der Waals surface area contributed by atoms with E-state index in [4.69, 9.17) is 14.2 Å². The zero-order valence-electron chi connectivity index (χ0n) is 20.3. The topological polar surface area (TPSA) is 121 Å². The van der Waals surface area contributed by atoms with Gasteiger partial charge in [0.25, 0.3) is 5.91 Å². The van der Waals surface area contributed by atoms with Crippen molar-refractivity contribution in [3.63, 3.8) is 0 Å². The van der Waals surface area contributed by atoms with Crippen LogP contribution in [-0.2, 0) is 9.47 Å². The van der Waals surface area contributed by atoms with Crippen LogP contribution in [0.4, 0.5) is 5.69 Å². The Morgan fingerprint density at radius 1 is 1.05 bits per heavy atom. The smallest absolute Gasteiger partial charge is 0.341 e. The summed E-state index contributed by atoms with van der Waals surface area (Å²) in [5, 5.41) is 15.0. The lowest BCUT2D eigenvalue weighted by Gasteiger charge is -2.18. The fraction of sp³-hybridized carbons (Fsp3) is 0.320. The lowest BCUT2D eigenvalue weighted by atomic mass is 10.1. The van der Waals surface area contributed by atoms with Gasteiger partial charge in [0.1, 0.15) is 24.0 Å². The normalized spacial score (nSPS) is 22.5. The molecule has 1 N–H and O–H groups in total. The van der Waals surface area contributed by atoms with Crippen molar-refractivity contribution in [3.8, 4) is 17.4 Å². The van der Waals surface area contributed by atoms with E-state index in [0.29, 0.717) is 24.5 Å². The first kappa shape index (κ1) is 23.1. The van der Waals surface area contributed by atoms with E-state index in [-0.39, 0.29) is 36.2 Å². The molecular formula is C25H26N8O4. The summed E-state index contributed by atoms with van der Waals surface area (Å²) in [7, 11) is 3.91. The molecule has 0 radical (unpaired) electrons. The van der Waals surface area contributed by atoms with Crippen LogP contribution in [-0.4, -0.2) is 81.2 Å². The molecule has 2 saturated heterocycles. The highest BCUT2D eigenvalue weighted by molar-refractivity contribution is 5.94. The van der Waals surface area contributed by atoms with Gasteiger partial charge in [-0.2, -0.15) is 4.68 Å². The van der Waals surface area contributed by atoms with Crippen molar-refractivity contribution in [2.75, 3.05) is 32.2 Å². The summed E-state index contributed by atoms with van der Waals surface area (Å²) in [5.41, 5.74) is 2.56. The Hall–Kier alpha value is -4.29. The Balaban J connectivity index is 1.11. The van der Waals surface area contributed by atoms with Crippen molar-refractivity contribution < 1.29 is 19.0 Å². The molecule has 190 valence electrons. The molecule has 0 spiro atoms. The fourth-order valence-electron chi connectivity index (χ4n) is 4.64. The van der Waals surface area contributed by atoms with Gasteiger partial charge in [-0.1, -0.05) is 5.10 Å². The summed E-state index contributed by atoms with van der Waals surface area (Å²) in [5.74, 6) is 0.422. The van der Waals surface area contributed by atoms with Crippen LogP contribution in [0, 0.1) is 0 Å². The van der Waals surface area contributed by atoms with E-state index in [0.717, 1.165) is 11.4 Å². The van der Waals surface area contributed by atoms with E-state index in [1.807, 2.05) is 78.3 Å². The zero-order chi connectivity index (χ0) is 25.4. The van der Waals surface area contributed by atoms with Crippen LogP contribution < -0.4 is 15.0 Å². The largest absolute Gasteiger partial charge is 0.423 e. The molecule has 2 aromatic carbocycles. The Morgan fingerprint density at radius 2 is 1.84 bits per heavy atom. The van der Waals surface area contributed by atoms with Crippen LogP contribution in [0.2, 0.25) is 0 Å². The molecule has 37 heavy (non-hydrogen) atoms. The van der Waals surface area contributed by atoms with E-state index < -0.39 is 0 Å². The molecule has 2 aromatic heterocycles. The van der Waals surface area contributed by atoms with Crippen LogP contribution in [0.1, 0.15) is 16.4 Å². The number of hydrogen-bond donors (Lipinski definition) is 1. The number of nitrogens with zero attached hydrogens (tertiary/aromatic N) is 7. The number of anilines is 1. The second-order valence-electron chi connectivity index (χ2n) is 9.16. The van der Waals surface area contributed by atoms with Gasteiger partial charge in [-0.25, -0.2) is 4.98 Å². The summed E-state index contributed by atoms with van der Waals surface area (Å²) in [6.07, 6.45) is 4.67. The van der Waals surface area contributed by atoms with Gasteiger partial charge in [0.05, 0.1) is 25.6 Å². The summed E-state index contributed by atoms with van der Waals surface area (Å²) in [6.45, 7) is 0.668. The zero-order valence-corrected chi connectivity index (χ0v) is 20.3. The molecule has 0 saturated carbocycles. The Morgan fingerprint density at radius 3 is 2.57 bits per heavy atom. The minimum absolute atomic E-state index is 0.169. The van der Waals surface area contributed by atoms with E-state index in [2.05, 4.69) is 25.8 Å². The number of tetrazole rings is 1. The molecule has 2 aliphatic rings. The number of carbonyl (C=O) groups excluding carboxylic acids is 1. The maximum atomic E-state index is 12.8. The van der Waals surface area contributed by atoms with Gasteiger partial charge in [0, 0.05) is 43.4 Å². The molecule has 0 aliphatic carbocycles. The van der Waals surface area contributed by atoms with Gasteiger partial charge in [-0.05, 0) is 59.0 Å². The average Bonchev–Trinajstić information content (AvgIpc) is 3.71. The molecule has 4 heterocycles. The van der Waals surface area contributed by atoms with E-state index in [1.165, 1.54) is 0 Å². The van der Waals surface area contributed by atoms with Crippen LogP contribution >= 0.6 is 0 Å². The minimum Gasteiger partial charge on any atom is -0.423 e. The van der Waals surface area contributed by atoms with Crippen molar-refractivity contribution in [1.29, 1.82) is 0 Å². The SMILES string of the molecule is CN(C)c1ccc(C(=O)N[C@H]2CO[C@H]3[C@@H]2OC[C@@H]3n2nnnc2Oc2ccc(-n3ccnc3)cc2)cc1. The van der Waals surface area contributed by atoms with Gasteiger partial charge in [-0.15, -0.1) is 0 Å². The van der Waals surface area contributed by atoms with Crippen LogP contribution in [0.3, 0.4) is 0 Å². The number of nitrogens with one attached hydrogen (secondary N) is 1. The van der Waals surface area contributed by atoms with Gasteiger partial charge in [0.2, 0.25) is 0 Å². The highest BCUT2D eigenvalue weighted by Crippen LogP contribution is 2.36. The number of imidazole rings is 1. The predicted octanol–water partition coefficient (Wildman–Crippen LogP) is 1.85. The molecule has 12 heteroatoms. The van der Waals surface area contributed by atoms with Crippen molar-refractivity contribution in [3.05, 3.63) is 72.8 Å². The molecule has 2 aliphatic heterocycles. The fourth-order valence-corrected chi connectivity index (χ4v) is 4.64. The molecular weight excluding hydrogens is 476 g/mol. The maximum Gasteiger partial charge on any atom is 0.341 e. The van der Waals surface area contributed by atoms with Gasteiger partial charge < -0.3 is 29.0 Å². The molecule has 0 unspecified atom stereocenters. The third-order valence-corrected chi connectivity index (χ3v) is 6.61. The second-order valence-corrected chi connectivity index (χ2v) is 9.16. The predicted molar refractivity (Wildman–Crippen MR) is 132 cm³/mol. The summed E-state index contributed by atoms with van der Waals surface area (Å²) in [6, 6.07) is 14.6. The first-order valence-corrected chi connectivity index (χ1v) is 11.9. The van der Waals surface area contributed by atoms with Crippen molar-refractivity contribution in [1.82, 2.24) is 35.1 Å². The van der Waals surface area contributed by atoms with Crippen LogP contribution in [0.15, 0.2) is 67.3 Å². The van der Waals surface area contributed by atoms with Crippen molar-refractivity contribution in [2.45, 2.75) is 24.3 Å². The number of fused-ring (bicyclic) bond motifs is 1. The highest BCUT2D eigenvalue weighted by atomic mass is 16.6. The number of ether oxygens (including phenoxy) is 3. The third kappa shape index (κ3) is 4.52. The number of amides is 1. The summed E-state index contributed by atoms with van der Waals surface area (Å²) < 4.78 is 21.6. The molecule has 1 amide bonds. The molecule has 6 rings (SSSR count). The molecule has 2 fully saturated rings. The van der Waals surface area contributed by atoms with Gasteiger partial charge >= 0.3 is 6.01 Å². The van der Waals surface area contributed by atoms with E-state index in [1.54, 1.807) is 17.2 Å².